The van der Waals surface area contributed by atoms with Crippen LogP contribution in [0.2, 0.25) is 0 Å². The van der Waals surface area contributed by atoms with Gasteiger partial charge in [-0.1, -0.05) is 24.3 Å². The van der Waals surface area contributed by atoms with Crippen molar-refractivity contribution in [1.82, 2.24) is 4.90 Å². The summed E-state index contributed by atoms with van der Waals surface area (Å²) in [7, 11) is 0. The van der Waals surface area contributed by atoms with E-state index in [0.29, 0.717) is 37.4 Å². The molecular weight excluding hydrogens is 372 g/mol. The normalized spacial score (nSPS) is 19.8. The van der Waals surface area contributed by atoms with E-state index in [2.05, 4.69) is 22.3 Å². The second-order valence-corrected chi connectivity index (χ2v) is 7.53. The Labute approximate surface area is 170 Å². The maximum Gasteiger partial charge on any atom is 0.294 e. The van der Waals surface area contributed by atoms with Gasteiger partial charge in [-0.15, -0.1) is 0 Å². The Bertz CT molecular complexity index is 835. The monoisotopic (exact) mass is 400 g/mol. The maximum atomic E-state index is 11.2. The number of anilines is 2. The molecule has 0 spiro atoms. The van der Waals surface area contributed by atoms with Crippen LogP contribution in [0.4, 0.5) is 17.1 Å². The lowest BCUT2D eigenvalue weighted by Gasteiger charge is -2.33. The number of aliphatic hydroxyl groups is 2. The Hall–Kier alpha value is -2.68. The largest absolute Gasteiger partial charge is 0.399 e. The second-order valence-electron chi connectivity index (χ2n) is 7.53. The van der Waals surface area contributed by atoms with E-state index in [4.69, 9.17) is 5.73 Å². The highest BCUT2D eigenvalue weighted by Crippen LogP contribution is 2.26. The van der Waals surface area contributed by atoms with Gasteiger partial charge in [0.25, 0.3) is 5.69 Å². The summed E-state index contributed by atoms with van der Waals surface area (Å²) in [6, 6.07) is 12.8. The lowest BCUT2D eigenvalue weighted by molar-refractivity contribution is -0.383. The summed E-state index contributed by atoms with van der Waals surface area (Å²) in [6.07, 6.45) is 1.03. The van der Waals surface area contributed by atoms with Gasteiger partial charge >= 0.3 is 0 Å². The Morgan fingerprint density at radius 3 is 2.41 bits per heavy atom. The third-order valence-electron chi connectivity index (χ3n) is 5.23. The van der Waals surface area contributed by atoms with E-state index in [9.17, 15) is 20.3 Å². The predicted molar refractivity (Wildman–Crippen MR) is 113 cm³/mol. The molecule has 3 rings (SSSR count). The third kappa shape index (κ3) is 5.90. The van der Waals surface area contributed by atoms with Crippen LogP contribution in [0.15, 0.2) is 42.5 Å². The van der Waals surface area contributed by atoms with Gasteiger partial charge < -0.3 is 21.3 Å². The molecular formula is C21H28N4O4. The van der Waals surface area contributed by atoms with Crippen molar-refractivity contribution in [3.63, 3.8) is 0 Å². The van der Waals surface area contributed by atoms with Crippen LogP contribution in [0.1, 0.15) is 17.5 Å². The number of hydrogen-bond acceptors (Lipinski definition) is 7. The molecule has 2 unspecified atom stereocenters. The van der Waals surface area contributed by atoms with Crippen LogP contribution in [0.5, 0.6) is 0 Å². The molecule has 156 valence electrons. The van der Waals surface area contributed by atoms with Gasteiger partial charge in [0.2, 0.25) is 0 Å². The molecule has 1 aliphatic heterocycles. The van der Waals surface area contributed by atoms with Crippen molar-refractivity contribution in [3.8, 4) is 0 Å². The number of nitro groups is 1. The number of aliphatic hydroxyl groups excluding tert-OH is 2. The first kappa shape index (κ1) is 21.0. The van der Waals surface area contributed by atoms with Gasteiger partial charge in [-0.2, -0.15) is 0 Å². The number of nitrogens with zero attached hydrogens (tertiary/aromatic N) is 2. The molecule has 0 bridgehead atoms. The molecule has 1 heterocycles. The van der Waals surface area contributed by atoms with E-state index in [1.165, 1.54) is 17.2 Å². The number of benzene rings is 2. The molecule has 2 atom stereocenters. The zero-order chi connectivity index (χ0) is 20.8. The summed E-state index contributed by atoms with van der Waals surface area (Å²) in [5, 5.41) is 34.0. The predicted octanol–water partition coefficient (Wildman–Crippen LogP) is 1.80. The van der Waals surface area contributed by atoms with Gasteiger partial charge in [0, 0.05) is 44.4 Å². The molecule has 5 N–H and O–H groups in total. The average molecular weight is 400 g/mol. The Morgan fingerprint density at radius 1 is 1.10 bits per heavy atom. The number of nitrogen functional groups attached to an aromatic ring is 1. The minimum absolute atomic E-state index is 0.0273. The van der Waals surface area contributed by atoms with Crippen LogP contribution in [-0.2, 0) is 12.8 Å². The maximum absolute atomic E-state index is 11.2. The van der Waals surface area contributed by atoms with Gasteiger partial charge in [-0.3, -0.25) is 15.0 Å². The van der Waals surface area contributed by atoms with Crippen LogP contribution in [-0.4, -0.2) is 58.4 Å². The molecule has 1 saturated heterocycles. The fraction of sp³-hybridized carbons (Fsp3) is 0.429. The zero-order valence-corrected chi connectivity index (χ0v) is 16.3. The minimum atomic E-state index is -0.478. The topological polar surface area (TPSA) is 125 Å². The summed E-state index contributed by atoms with van der Waals surface area (Å²) < 4.78 is 0. The molecule has 0 aromatic heterocycles. The first-order valence-electron chi connectivity index (χ1n) is 9.85. The molecule has 2 aromatic carbocycles. The van der Waals surface area contributed by atoms with Gasteiger partial charge in [0.05, 0.1) is 17.1 Å². The third-order valence-corrected chi connectivity index (χ3v) is 5.23. The first-order valence-corrected chi connectivity index (χ1v) is 9.85. The van der Waals surface area contributed by atoms with E-state index in [1.54, 1.807) is 12.1 Å². The number of nitro benzene ring substituents is 1. The number of nitrogens with two attached hydrogens (primary N) is 1. The molecule has 0 saturated carbocycles. The number of β-amino-alcohol motifs (C(OH)–C–C–N with tert-alkyl or cyclic N) is 2. The van der Waals surface area contributed by atoms with Crippen molar-refractivity contribution >= 4 is 17.1 Å². The summed E-state index contributed by atoms with van der Waals surface area (Å²) in [5.74, 6) is 0. The average Bonchev–Trinajstić information content (AvgIpc) is 2.67. The van der Waals surface area contributed by atoms with E-state index in [0.717, 1.165) is 19.4 Å². The molecule has 0 radical (unpaired) electrons. The molecule has 0 aliphatic carbocycles. The fourth-order valence-corrected chi connectivity index (χ4v) is 3.82. The van der Waals surface area contributed by atoms with Gasteiger partial charge in [-0.05, 0) is 36.1 Å². The van der Waals surface area contributed by atoms with Crippen molar-refractivity contribution in [3.05, 3.63) is 63.7 Å². The highest BCUT2D eigenvalue weighted by Gasteiger charge is 2.24. The minimum Gasteiger partial charge on any atom is -0.399 e. The van der Waals surface area contributed by atoms with Gasteiger partial charge in [0.1, 0.15) is 5.69 Å². The van der Waals surface area contributed by atoms with E-state index in [-0.39, 0.29) is 5.69 Å². The SMILES string of the molecule is Nc1ccc(NCCc2ccccc2CCN2CC(O)CC(O)C2)c([N+](=O)[O-])c1. The lowest BCUT2D eigenvalue weighted by Crippen LogP contribution is -2.46. The molecule has 1 fully saturated rings. The standard InChI is InChI=1S/C21H28N4O4/c22-17-5-6-20(21(11-17)25(28)29)23-9-7-15-3-1-2-4-16(15)8-10-24-13-18(26)12-19(27)14-24/h1-6,11,18-19,23,26-27H,7-10,12-14,22H2. The Morgan fingerprint density at radius 2 is 1.76 bits per heavy atom. The Balaban J connectivity index is 1.58. The van der Waals surface area contributed by atoms with Crippen LogP contribution in [0.25, 0.3) is 0 Å². The molecule has 8 heteroatoms. The molecule has 1 aliphatic rings. The van der Waals surface area contributed by atoms with Crippen molar-refractivity contribution in [1.29, 1.82) is 0 Å². The lowest BCUT2D eigenvalue weighted by atomic mass is 10.00. The van der Waals surface area contributed by atoms with Gasteiger partial charge in [-0.25, -0.2) is 0 Å². The van der Waals surface area contributed by atoms with Crippen LogP contribution < -0.4 is 11.1 Å². The van der Waals surface area contributed by atoms with E-state index >= 15 is 0 Å². The van der Waals surface area contributed by atoms with Crippen molar-refractivity contribution in [2.45, 2.75) is 31.5 Å². The van der Waals surface area contributed by atoms with Gasteiger partial charge in [0.15, 0.2) is 0 Å². The highest BCUT2D eigenvalue weighted by atomic mass is 16.6. The fourth-order valence-electron chi connectivity index (χ4n) is 3.82. The number of nitrogens with one attached hydrogen (secondary N) is 1. The van der Waals surface area contributed by atoms with Crippen molar-refractivity contribution in [2.75, 3.05) is 37.2 Å². The van der Waals surface area contributed by atoms with Crippen LogP contribution in [0, 0.1) is 10.1 Å². The van der Waals surface area contributed by atoms with E-state index < -0.39 is 17.1 Å². The Kier molecular flexibility index (Phi) is 7.03. The highest BCUT2D eigenvalue weighted by molar-refractivity contribution is 5.66. The first-order chi connectivity index (χ1) is 13.9. The molecule has 8 nitrogen and oxygen atoms in total. The van der Waals surface area contributed by atoms with Crippen LogP contribution >= 0.6 is 0 Å². The summed E-state index contributed by atoms with van der Waals surface area (Å²) in [4.78, 5) is 12.9. The molecule has 0 amide bonds. The number of likely N-dealkylation sites (tertiary alicyclic amines) is 1. The summed E-state index contributed by atoms with van der Waals surface area (Å²) in [5.41, 5.74) is 8.82. The van der Waals surface area contributed by atoms with Crippen LogP contribution in [0.3, 0.4) is 0 Å². The zero-order valence-electron chi connectivity index (χ0n) is 16.3. The summed E-state index contributed by atoms with van der Waals surface area (Å²) in [6.45, 7) is 2.49. The number of piperidine rings is 1. The summed E-state index contributed by atoms with van der Waals surface area (Å²) >= 11 is 0. The molecule has 29 heavy (non-hydrogen) atoms. The number of rotatable bonds is 8. The number of hydrogen-bond donors (Lipinski definition) is 4. The van der Waals surface area contributed by atoms with E-state index in [1.807, 2.05) is 12.1 Å². The quantitative estimate of drug-likeness (QED) is 0.302. The smallest absolute Gasteiger partial charge is 0.294 e. The van der Waals surface area contributed by atoms with Crippen molar-refractivity contribution < 1.29 is 15.1 Å². The van der Waals surface area contributed by atoms with Crippen molar-refractivity contribution in [2.24, 2.45) is 0 Å². The molecule has 2 aromatic rings. The second kappa shape index (κ2) is 9.69.